The van der Waals surface area contributed by atoms with Crippen molar-refractivity contribution < 1.29 is 28.6 Å². The fourth-order valence-corrected chi connectivity index (χ4v) is 7.06. The van der Waals surface area contributed by atoms with Crippen LogP contribution in [0.2, 0.25) is 0 Å². The average Bonchev–Trinajstić information content (AvgIpc) is 3.22. The summed E-state index contributed by atoms with van der Waals surface area (Å²) in [5, 5.41) is 0. The lowest BCUT2D eigenvalue weighted by molar-refractivity contribution is -0.167. The molecule has 0 heterocycles. The number of ether oxygens (including phenoxy) is 3. The van der Waals surface area contributed by atoms with Crippen LogP contribution in [0.1, 0.15) is 258 Å². The highest BCUT2D eigenvalue weighted by Gasteiger charge is 2.19. The van der Waals surface area contributed by atoms with E-state index in [4.69, 9.17) is 14.2 Å². The number of rotatable bonds is 45. The molecule has 0 amide bonds. The van der Waals surface area contributed by atoms with E-state index in [9.17, 15) is 14.4 Å². The van der Waals surface area contributed by atoms with E-state index in [1.807, 2.05) is 0 Å². The Hall–Kier alpha value is -2.37. The normalized spacial score (nSPS) is 12.3. The second-order valence-electron chi connectivity index (χ2n) is 16.7. The first-order chi connectivity index (χ1) is 28.5. The zero-order valence-electron chi connectivity index (χ0n) is 38.6. The SMILES string of the molecule is CCC/C=C\C/C=C\CCCCCCCC(=O)OC(COC(=O)CCCCCCC/C=C\CCCCCC)COC(=O)CCCCCCCCCCCCCCCC. The van der Waals surface area contributed by atoms with Crippen molar-refractivity contribution in [1.82, 2.24) is 0 Å². The molecular weight excluding hydrogens is 721 g/mol. The van der Waals surface area contributed by atoms with Crippen LogP contribution in [0, 0.1) is 0 Å². The third-order valence-corrected chi connectivity index (χ3v) is 10.8. The van der Waals surface area contributed by atoms with Crippen LogP contribution in [0.25, 0.3) is 0 Å². The minimum atomic E-state index is -0.778. The zero-order valence-corrected chi connectivity index (χ0v) is 38.6. The second-order valence-corrected chi connectivity index (χ2v) is 16.7. The topological polar surface area (TPSA) is 78.9 Å². The lowest BCUT2D eigenvalue weighted by atomic mass is 10.0. The number of hydrogen-bond acceptors (Lipinski definition) is 6. The van der Waals surface area contributed by atoms with E-state index in [2.05, 4.69) is 57.2 Å². The lowest BCUT2D eigenvalue weighted by Crippen LogP contribution is -2.30. The minimum Gasteiger partial charge on any atom is -0.462 e. The maximum atomic E-state index is 12.8. The fourth-order valence-electron chi connectivity index (χ4n) is 7.06. The van der Waals surface area contributed by atoms with Crippen LogP contribution < -0.4 is 0 Å². The van der Waals surface area contributed by atoms with Crippen molar-refractivity contribution in [2.75, 3.05) is 13.2 Å². The van der Waals surface area contributed by atoms with Crippen LogP contribution >= 0.6 is 0 Å². The smallest absolute Gasteiger partial charge is 0.306 e. The molecule has 0 aliphatic rings. The summed E-state index contributed by atoms with van der Waals surface area (Å²) in [6, 6.07) is 0. The van der Waals surface area contributed by atoms with E-state index >= 15 is 0 Å². The summed E-state index contributed by atoms with van der Waals surface area (Å²) in [5.74, 6) is -0.894. The van der Waals surface area contributed by atoms with Crippen molar-refractivity contribution in [3.05, 3.63) is 36.5 Å². The molecule has 338 valence electrons. The summed E-state index contributed by atoms with van der Waals surface area (Å²) in [7, 11) is 0. The second kappa shape index (κ2) is 47.3. The van der Waals surface area contributed by atoms with Crippen LogP contribution in [0.15, 0.2) is 36.5 Å². The van der Waals surface area contributed by atoms with Crippen molar-refractivity contribution in [2.45, 2.75) is 264 Å². The molecule has 0 aromatic heterocycles. The van der Waals surface area contributed by atoms with E-state index in [1.165, 1.54) is 122 Å². The predicted molar refractivity (Wildman–Crippen MR) is 247 cm³/mol. The van der Waals surface area contributed by atoms with Gasteiger partial charge in [-0.25, -0.2) is 0 Å². The number of allylic oxidation sites excluding steroid dienone is 6. The molecule has 0 saturated heterocycles. The molecule has 0 aliphatic heterocycles. The number of hydrogen-bond donors (Lipinski definition) is 0. The summed E-state index contributed by atoms with van der Waals surface area (Å²) in [4.78, 5) is 37.9. The zero-order chi connectivity index (χ0) is 42.3. The molecule has 0 bridgehead atoms. The Labute approximate surface area is 359 Å². The molecular formula is C52H94O6. The highest BCUT2D eigenvalue weighted by molar-refractivity contribution is 5.71. The molecule has 0 saturated carbocycles. The number of carbonyl (C=O) groups is 3. The summed E-state index contributed by atoms with van der Waals surface area (Å²) in [6.45, 7) is 6.55. The Morgan fingerprint density at radius 1 is 0.345 bits per heavy atom. The van der Waals surface area contributed by atoms with Gasteiger partial charge in [-0.05, 0) is 70.6 Å². The Morgan fingerprint density at radius 3 is 1.05 bits per heavy atom. The summed E-state index contributed by atoms with van der Waals surface area (Å²) >= 11 is 0. The standard InChI is InChI=1S/C52H94O6/c1-4-7-10-13-16-19-22-25-28-30-33-36-39-42-45-51(54)57-48-49(58-52(55)46-43-40-37-34-31-27-24-21-18-15-12-9-6-3)47-56-50(53)44-41-38-35-32-29-26-23-20-17-14-11-8-5-2/h12,15,20-21,23-24,49H,4-11,13-14,16-19,22,25-48H2,1-3H3/b15-12-,23-20-,24-21-. The van der Waals surface area contributed by atoms with E-state index in [-0.39, 0.29) is 31.1 Å². The molecule has 1 unspecified atom stereocenters. The van der Waals surface area contributed by atoms with Gasteiger partial charge in [-0.2, -0.15) is 0 Å². The Kier molecular flexibility index (Phi) is 45.4. The monoisotopic (exact) mass is 815 g/mol. The van der Waals surface area contributed by atoms with E-state index in [0.29, 0.717) is 19.3 Å². The molecule has 6 heteroatoms. The van der Waals surface area contributed by atoms with Crippen LogP contribution in [-0.2, 0) is 28.6 Å². The largest absolute Gasteiger partial charge is 0.462 e. The molecule has 0 aromatic rings. The van der Waals surface area contributed by atoms with Crippen LogP contribution in [0.4, 0.5) is 0 Å². The Morgan fingerprint density at radius 2 is 0.655 bits per heavy atom. The third-order valence-electron chi connectivity index (χ3n) is 10.8. The van der Waals surface area contributed by atoms with Crippen molar-refractivity contribution >= 4 is 17.9 Å². The van der Waals surface area contributed by atoms with Crippen molar-refractivity contribution in [1.29, 1.82) is 0 Å². The first-order valence-electron chi connectivity index (χ1n) is 25.0. The minimum absolute atomic E-state index is 0.0778. The van der Waals surface area contributed by atoms with Gasteiger partial charge in [0, 0.05) is 19.3 Å². The van der Waals surface area contributed by atoms with Gasteiger partial charge < -0.3 is 14.2 Å². The van der Waals surface area contributed by atoms with Crippen molar-refractivity contribution in [3.63, 3.8) is 0 Å². The maximum Gasteiger partial charge on any atom is 0.306 e. The molecule has 0 aliphatic carbocycles. The molecule has 0 N–H and O–H groups in total. The van der Waals surface area contributed by atoms with Crippen LogP contribution in [-0.4, -0.2) is 37.2 Å². The molecule has 0 fully saturated rings. The molecule has 6 nitrogen and oxygen atoms in total. The maximum absolute atomic E-state index is 12.8. The van der Waals surface area contributed by atoms with Gasteiger partial charge in [-0.1, -0.05) is 205 Å². The average molecular weight is 815 g/mol. The number of unbranched alkanes of at least 4 members (excludes halogenated alkanes) is 28. The molecule has 0 rings (SSSR count). The van der Waals surface area contributed by atoms with Crippen molar-refractivity contribution in [3.8, 4) is 0 Å². The quantitative estimate of drug-likeness (QED) is 0.0264. The van der Waals surface area contributed by atoms with Gasteiger partial charge in [0.05, 0.1) is 0 Å². The molecule has 0 radical (unpaired) electrons. The van der Waals surface area contributed by atoms with E-state index in [1.54, 1.807) is 0 Å². The van der Waals surface area contributed by atoms with Gasteiger partial charge in [0.2, 0.25) is 0 Å². The van der Waals surface area contributed by atoms with Gasteiger partial charge in [-0.3, -0.25) is 14.4 Å². The number of esters is 3. The van der Waals surface area contributed by atoms with Gasteiger partial charge in [0.1, 0.15) is 13.2 Å². The van der Waals surface area contributed by atoms with Crippen LogP contribution in [0.5, 0.6) is 0 Å². The van der Waals surface area contributed by atoms with E-state index < -0.39 is 6.10 Å². The molecule has 0 spiro atoms. The molecule has 0 aromatic carbocycles. The Balaban J connectivity index is 4.38. The van der Waals surface area contributed by atoms with Crippen molar-refractivity contribution in [2.24, 2.45) is 0 Å². The highest BCUT2D eigenvalue weighted by Crippen LogP contribution is 2.15. The lowest BCUT2D eigenvalue weighted by Gasteiger charge is -2.18. The number of carbonyl (C=O) groups excluding carboxylic acids is 3. The van der Waals surface area contributed by atoms with Gasteiger partial charge >= 0.3 is 17.9 Å². The van der Waals surface area contributed by atoms with Gasteiger partial charge in [0.25, 0.3) is 0 Å². The third kappa shape index (κ3) is 44.7. The summed E-state index contributed by atoms with van der Waals surface area (Å²) in [6.07, 6.45) is 54.0. The first-order valence-corrected chi connectivity index (χ1v) is 25.0. The summed E-state index contributed by atoms with van der Waals surface area (Å²) < 4.78 is 16.8. The fraction of sp³-hybridized carbons (Fsp3) is 0.827. The molecule has 1 atom stereocenters. The van der Waals surface area contributed by atoms with Crippen LogP contribution in [0.3, 0.4) is 0 Å². The van der Waals surface area contributed by atoms with E-state index in [0.717, 1.165) is 96.3 Å². The summed E-state index contributed by atoms with van der Waals surface area (Å²) in [5.41, 5.74) is 0. The Bertz CT molecular complexity index is 984. The first kappa shape index (κ1) is 55.6. The predicted octanol–water partition coefficient (Wildman–Crippen LogP) is 16.1. The highest BCUT2D eigenvalue weighted by atomic mass is 16.6. The van der Waals surface area contributed by atoms with Gasteiger partial charge in [0.15, 0.2) is 6.10 Å². The van der Waals surface area contributed by atoms with Gasteiger partial charge in [-0.15, -0.1) is 0 Å². The molecule has 58 heavy (non-hydrogen) atoms.